The number of carbonyl (C=O) groups excluding carboxylic acids is 2. The molecular weight excluding hydrogens is 152 g/mol. The van der Waals surface area contributed by atoms with Gasteiger partial charge in [-0.2, -0.15) is 0 Å². The molecule has 0 unspecified atom stereocenters. The van der Waals surface area contributed by atoms with Crippen LogP contribution in [0.4, 0.5) is 0 Å². The molecule has 0 aromatic rings. The highest BCUT2D eigenvalue weighted by molar-refractivity contribution is 5.87. The van der Waals surface area contributed by atoms with Gasteiger partial charge in [0.15, 0.2) is 0 Å². The maximum absolute atomic E-state index is 10.9. The van der Waals surface area contributed by atoms with E-state index in [4.69, 9.17) is 0 Å². The molecule has 0 aromatic carbocycles. The number of Topliss-reactive ketones (excluding diaryl/α,β-unsaturated/α-hetero) is 2. The summed E-state index contributed by atoms with van der Waals surface area (Å²) in [6, 6.07) is 0. The van der Waals surface area contributed by atoms with Crippen LogP contribution in [-0.2, 0) is 9.59 Å². The molecule has 0 aliphatic heterocycles. The predicted octanol–water partition coefficient (Wildman–Crippen LogP) is 1.60. The first-order valence-electron chi connectivity index (χ1n) is 4.33. The highest BCUT2D eigenvalue weighted by atomic mass is 16.1. The van der Waals surface area contributed by atoms with Gasteiger partial charge in [-0.25, -0.2) is 0 Å². The van der Waals surface area contributed by atoms with E-state index in [9.17, 15) is 9.59 Å². The molecule has 0 N–H and O–H groups in total. The van der Waals surface area contributed by atoms with Gasteiger partial charge in [0.05, 0.1) is 0 Å². The molecule has 2 radical (unpaired) electrons. The Balaban J connectivity index is 2.39. The van der Waals surface area contributed by atoms with Gasteiger partial charge in [-0.3, -0.25) is 9.59 Å². The number of hydrogen-bond donors (Lipinski definition) is 0. The molecule has 1 rings (SSSR count). The molecule has 1 aliphatic rings. The molecule has 1 fully saturated rings. The van der Waals surface area contributed by atoms with Crippen molar-refractivity contribution in [3.8, 4) is 0 Å². The quantitative estimate of drug-likeness (QED) is 0.624. The minimum absolute atomic E-state index is 0.0185. The zero-order valence-electron chi connectivity index (χ0n) is 7.21. The van der Waals surface area contributed by atoms with Crippen LogP contribution in [0.3, 0.4) is 0 Å². The van der Waals surface area contributed by atoms with Crippen LogP contribution in [0.5, 0.6) is 0 Å². The van der Waals surface area contributed by atoms with Crippen molar-refractivity contribution in [2.24, 2.45) is 11.8 Å². The van der Waals surface area contributed by atoms with Gasteiger partial charge in [0, 0.05) is 25.7 Å². The van der Waals surface area contributed by atoms with Crippen LogP contribution in [0.25, 0.3) is 0 Å². The second-order valence-electron chi connectivity index (χ2n) is 3.48. The molecular formula is C10H14O2. The third-order valence-electron chi connectivity index (χ3n) is 2.64. The number of carbonyl (C=O) groups is 2. The van der Waals surface area contributed by atoms with E-state index in [1.807, 2.05) is 0 Å². The Morgan fingerprint density at radius 2 is 1.08 bits per heavy atom. The van der Waals surface area contributed by atoms with E-state index in [0.717, 1.165) is 25.7 Å². The third-order valence-corrected chi connectivity index (χ3v) is 2.64. The van der Waals surface area contributed by atoms with Crippen molar-refractivity contribution >= 4 is 11.6 Å². The molecule has 0 saturated heterocycles. The third kappa shape index (κ3) is 2.16. The van der Waals surface area contributed by atoms with Gasteiger partial charge in [-0.05, 0) is 25.7 Å². The number of rotatable bonds is 2. The molecule has 0 aromatic heterocycles. The first-order chi connectivity index (χ1) is 5.61. The van der Waals surface area contributed by atoms with E-state index in [0.29, 0.717) is 0 Å². The summed E-state index contributed by atoms with van der Waals surface area (Å²) in [7, 11) is 0. The molecule has 0 amide bonds. The summed E-state index contributed by atoms with van der Waals surface area (Å²) < 4.78 is 0. The van der Waals surface area contributed by atoms with Gasteiger partial charge in [0.2, 0.25) is 0 Å². The van der Waals surface area contributed by atoms with Crippen molar-refractivity contribution < 1.29 is 9.59 Å². The van der Waals surface area contributed by atoms with Gasteiger partial charge in [-0.15, -0.1) is 0 Å². The van der Waals surface area contributed by atoms with E-state index < -0.39 is 0 Å². The van der Waals surface area contributed by atoms with Crippen molar-refractivity contribution in [3.63, 3.8) is 0 Å². The summed E-state index contributed by atoms with van der Waals surface area (Å²) in [5.41, 5.74) is 0. The Morgan fingerprint density at radius 3 is 1.25 bits per heavy atom. The average molecular weight is 166 g/mol. The lowest BCUT2D eigenvalue weighted by Crippen LogP contribution is -2.23. The van der Waals surface area contributed by atoms with Crippen molar-refractivity contribution in [2.75, 3.05) is 0 Å². The molecule has 2 heteroatoms. The highest BCUT2D eigenvalue weighted by Gasteiger charge is 2.25. The van der Waals surface area contributed by atoms with Crippen molar-refractivity contribution in [1.29, 1.82) is 0 Å². The zero-order chi connectivity index (χ0) is 9.14. The number of hydrogen-bond acceptors (Lipinski definition) is 2. The average Bonchev–Trinajstić information content (AvgIpc) is 2.04. The predicted molar refractivity (Wildman–Crippen MR) is 46.2 cm³/mol. The van der Waals surface area contributed by atoms with E-state index in [2.05, 4.69) is 13.8 Å². The summed E-state index contributed by atoms with van der Waals surface area (Å²) in [6.07, 6.45) is 3.26. The topological polar surface area (TPSA) is 34.1 Å². The fraction of sp³-hybridized carbons (Fsp3) is 0.600. The highest BCUT2D eigenvalue weighted by Crippen LogP contribution is 2.29. The van der Waals surface area contributed by atoms with E-state index in [-0.39, 0.29) is 23.4 Å². The van der Waals surface area contributed by atoms with Crippen molar-refractivity contribution in [2.45, 2.75) is 25.7 Å². The summed E-state index contributed by atoms with van der Waals surface area (Å²) in [4.78, 5) is 21.7. The molecule has 0 spiro atoms. The first-order valence-corrected chi connectivity index (χ1v) is 4.33. The Labute approximate surface area is 73.3 Å². The summed E-state index contributed by atoms with van der Waals surface area (Å²) in [5.74, 6) is 0.233. The van der Waals surface area contributed by atoms with E-state index >= 15 is 0 Å². The van der Waals surface area contributed by atoms with E-state index in [1.165, 1.54) is 0 Å². The summed E-state index contributed by atoms with van der Waals surface area (Å²) in [5, 5.41) is 0. The smallest absolute Gasteiger partial charge is 0.136 e. The van der Waals surface area contributed by atoms with Crippen LogP contribution in [0.2, 0.25) is 0 Å². The SMILES string of the molecule is [CH2]C(=O)C1CCC(C([CH2])=O)CC1. The Bertz CT molecular complexity index is 166. The van der Waals surface area contributed by atoms with Crippen LogP contribution in [0, 0.1) is 25.7 Å². The molecule has 2 nitrogen and oxygen atoms in total. The van der Waals surface area contributed by atoms with Crippen molar-refractivity contribution in [1.82, 2.24) is 0 Å². The van der Waals surface area contributed by atoms with Crippen molar-refractivity contribution in [3.05, 3.63) is 13.8 Å². The van der Waals surface area contributed by atoms with Gasteiger partial charge in [0.25, 0.3) is 0 Å². The fourth-order valence-corrected chi connectivity index (χ4v) is 1.74. The molecule has 66 valence electrons. The largest absolute Gasteiger partial charge is 0.299 e. The minimum atomic E-state index is 0.0185. The lowest BCUT2D eigenvalue weighted by molar-refractivity contribution is -0.123. The molecule has 0 heterocycles. The van der Waals surface area contributed by atoms with Crippen LogP contribution in [0.1, 0.15) is 25.7 Å². The van der Waals surface area contributed by atoms with Gasteiger partial charge in [0.1, 0.15) is 11.6 Å². The van der Waals surface area contributed by atoms with Gasteiger partial charge in [-0.1, -0.05) is 0 Å². The standard InChI is InChI=1S/C10H14O2/c1-7(11)9-3-5-10(6-4-9)8(2)12/h9-10H,1-6H2. The first kappa shape index (κ1) is 9.43. The van der Waals surface area contributed by atoms with E-state index in [1.54, 1.807) is 0 Å². The molecule has 0 bridgehead atoms. The molecule has 1 saturated carbocycles. The number of ketones is 2. The monoisotopic (exact) mass is 166 g/mol. The van der Waals surface area contributed by atoms with Crippen LogP contribution in [-0.4, -0.2) is 11.6 Å². The summed E-state index contributed by atoms with van der Waals surface area (Å²) in [6.45, 7) is 6.79. The minimum Gasteiger partial charge on any atom is -0.299 e. The second kappa shape index (κ2) is 3.83. The maximum Gasteiger partial charge on any atom is 0.136 e. The Morgan fingerprint density at radius 1 is 0.833 bits per heavy atom. The lowest BCUT2D eigenvalue weighted by Gasteiger charge is -2.24. The second-order valence-corrected chi connectivity index (χ2v) is 3.48. The molecule has 0 atom stereocenters. The fourth-order valence-electron chi connectivity index (χ4n) is 1.74. The Kier molecular flexibility index (Phi) is 3.01. The molecule has 12 heavy (non-hydrogen) atoms. The lowest BCUT2D eigenvalue weighted by atomic mass is 9.79. The zero-order valence-corrected chi connectivity index (χ0v) is 7.21. The Hall–Kier alpha value is -0.660. The normalized spacial score (nSPS) is 29.8. The van der Waals surface area contributed by atoms with Crippen LogP contribution in [0.15, 0.2) is 0 Å². The molecule has 1 aliphatic carbocycles. The van der Waals surface area contributed by atoms with Crippen LogP contribution >= 0.6 is 0 Å². The van der Waals surface area contributed by atoms with Crippen LogP contribution < -0.4 is 0 Å². The maximum atomic E-state index is 10.9. The van der Waals surface area contributed by atoms with Gasteiger partial charge < -0.3 is 0 Å². The van der Waals surface area contributed by atoms with Gasteiger partial charge >= 0.3 is 0 Å². The summed E-state index contributed by atoms with van der Waals surface area (Å²) >= 11 is 0.